The fourth-order valence-electron chi connectivity index (χ4n) is 5.75. The number of allylic oxidation sites excluding steroid dienone is 2. The number of hydrogen-bond donors (Lipinski definition) is 2. The lowest BCUT2D eigenvalue weighted by Crippen LogP contribution is -2.55. The highest BCUT2D eigenvalue weighted by Gasteiger charge is 2.55. The first kappa shape index (κ1) is 24.3. The van der Waals surface area contributed by atoms with E-state index < -0.39 is 9.36 Å². The Morgan fingerprint density at radius 2 is 2.00 bits per heavy atom. The summed E-state index contributed by atoms with van der Waals surface area (Å²) in [5, 5.41) is 6.63. The lowest BCUT2D eigenvalue weighted by atomic mass is 9.67. The molecule has 1 unspecified atom stereocenters. The molecule has 4 nitrogen and oxygen atoms in total. The van der Waals surface area contributed by atoms with E-state index in [0.29, 0.717) is 12.8 Å². The van der Waals surface area contributed by atoms with E-state index >= 15 is 4.39 Å². The summed E-state index contributed by atoms with van der Waals surface area (Å²) in [6, 6.07) is 2.79. The lowest BCUT2D eigenvalue weighted by Gasteiger charge is -2.49. The second kappa shape index (κ2) is 9.41. The molecule has 4 aliphatic rings. The van der Waals surface area contributed by atoms with Crippen LogP contribution in [0.3, 0.4) is 0 Å². The van der Waals surface area contributed by atoms with E-state index in [-0.39, 0.29) is 44.8 Å². The van der Waals surface area contributed by atoms with Crippen LogP contribution in [-0.2, 0) is 13.1 Å². The predicted molar refractivity (Wildman–Crippen MR) is 133 cm³/mol. The number of fused-ring (bicyclic) bond motifs is 4. The average Bonchev–Trinajstić information content (AvgIpc) is 2.97. The zero-order chi connectivity index (χ0) is 23.1. The van der Waals surface area contributed by atoms with Crippen LogP contribution in [0.15, 0.2) is 23.8 Å². The summed E-state index contributed by atoms with van der Waals surface area (Å²) in [4.78, 5) is 25.0. The summed E-state index contributed by atoms with van der Waals surface area (Å²) in [5.41, 5.74) is 1.37. The van der Waals surface area contributed by atoms with Gasteiger partial charge in [0.15, 0.2) is 0 Å². The summed E-state index contributed by atoms with van der Waals surface area (Å²) < 4.78 is 14.3. The maximum absolute atomic E-state index is 15.4. The van der Waals surface area contributed by atoms with Gasteiger partial charge in [0.1, 0.15) is 9.36 Å². The maximum Gasteiger partial charge on any atom is 0.224 e. The first-order valence-corrected chi connectivity index (χ1v) is 13.1. The summed E-state index contributed by atoms with van der Waals surface area (Å²) in [7, 11) is 0. The number of amides is 2. The molecule has 1 aromatic carbocycles. The Morgan fingerprint density at radius 3 is 2.69 bits per heavy atom. The van der Waals surface area contributed by atoms with Crippen LogP contribution in [0.2, 0.25) is 10.0 Å². The first-order chi connectivity index (χ1) is 15.1. The molecule has 174 valence electrons. The van der Waals surface area contributed by atoms with Crippen molar-refractivity contribution in [2.75, 3.05) is 0 Å². The van der Waals surface area contributed by atoms with Crippen molar-refractivity contribution in [1.82, 2.24) is 10.6 Å². The van der Waals surface area contributed by atoms with Gasteiger partial charge in [0.2, 0.25) is 11.8 Å². The molecule has 2 fully saturated rings. The molecule has 1 aromatic rings. The molecule has 0 aliphatic heterocycles. The van der Waals surface area contributed by atoms with E-state index in [1.54, 1.807) is 0 Å². The van der Waals surface area contributed by atoms with Crippen LogP contribution in [-0.4, -0.2) is 17.9 Å². The van der Waals surface area contributed by atoms with E-state index in [1.807, 2.05) is 0 Å². The van der Waals surface area contributed by atoms with Gasteiger partial charge in [0.05, 0.1) is 10.0 Å². The highest BCUT2D eigenvalue weighted by atomic mass is 127. The number of nitrogens with one attached hydrogen (secondary N) is 2. The van der Waals surface area contributed by atoms with Crippen LogP contribution >= 0.6 is 45.8 Å². The summed E-state index contributed by atoms with van der Waals surface area (Å²) >= 11 is 15.2. The van der Waals surface area contributed by atoms with Gasteiger partial charge in [0.25, 0.3) is 0 Å². The van der Waals surface area contributed by atoms with Gasteiger partial charge in [-0.3, -0.25) is 9.59 Å². The molecule has 2 amide bonds. The van der Waals surface area contributed by atoms with Crippen molar-refractivity contribution in [3.63, 3.8) is 0 Å². The molecule has 2 bridgehead atoms. The normalized spacial score (nSPS) is 29.1. The Labute approximate surface area is 212 Å². The van der Waals surface area contributed by atoms with Crippen molar-refractivity contribution in [1.29, 1.82) is 0 Å². The fourth-order valence-corrected chi connectivity index (χ4v) is 7.91. The second-order valence-electron chi connectivity index (χ2n) is 9.47. The van der Waals surface area contributed by atoms with Crippen molar-refractivity contribution in [2.45, 2.75) is 74.3 Å². The monoisotopic (exact) mass is 592 g/mol. The number of carbonyl (C=O) groups is 2. The zero-order valence-corrected chi connectivity index (χ0v) is 21.7. The summed E-state index contributed by atoms with van der Waals surface area (Å²) in [6.07, 6.45) is 9.82. The van der Waals surface area contributed by atoms with E-state index in [9.17, 15) is 9.59 Å². The molecule has 4 aliphatic carbocycles. The third kappa shape index (κ3) is 4.43. The van der Waals surface area contributed by atoms with Crippen molar-refractivity contribution >= 4 is 57.6 Å². The van der Waals surface area contributed by atoms with Crippen LogP contribution in [0.25, 0.3) is 0 Å². The Balaban J connectivity index is 1.71. The third-order valence-electron chi connectivity index (χ3n) is 7.48. The quantitative estimate of drug-likeness (QED) is 0.136. The van der Waals surface area contributed by atoms with Gasteiger partial charge in [-0.1, -0.05) is 34.9 Å². The molecule has 0 aromatic heterocycles. The molecule has 0 heterocycles. The summed E-state index contributed by atoms with van der Waals surface area (Å²) in [6.45, 7) is 1.49. The minimum Gasteiger partial charge on any atom is -0.354 e. The van der Waals surface area contributed by atoms with Gasteiger partial charge in [-0.15, -0.1) is 0 Å². The SMILES string of the molecule is CC(=O)N[C@H]1CC[C@H](C(=O)N[C@](I)(c2c(F)ccc(Cl)c2Cl)C23CC=C(CCC2)CC3)C1. The van der Waals surface area contributed by atoms with E-state index in [4.69, 9.17) is 23.2 Å². The largest absolute Gasteiger partial charge is 0.354 e. The first-order valence-electron chi connectivity index (χ1n) is 11.2. The van der Waals surface area contributed by atoms with Crippen LogP contribution < -0.4 is 10.6 Å². The lowest BCUT2D eigenvalue weighted by molar-refractivity contribution is -0.127. The molecule has 0 saturated heterocycles. The Kier molecular flexibility index (Phi) is 7.14. The van der Waals surface area contributed by atoms with Crippen LogP contribution in [0, 0.1) is 17.2 Å². The number of carbonyl (C=O) groups excluding carboxylic acids is 2. The topological polar surface area (TPSA) is 58.2 Å². The number of halogens is 4. The van der Waals surface area contributed by atoms with E-state index in [0.717, 1.165) is 44.9 Å². The highest BCUT2D eigenvalue weighted by Crippen LogP contribution is 2.60. The molecular weight excluding hydrogens is 565 g/mol. The molecular formula is C24H28Cl2FIN2O2. The Bertz CT molecular complexity index is 972. The van der Waals surface area contributed by atoms with Crippen molar-refractivity contribution < 1.29 is 14.0 Å². The smallest absolute Gasteiger partial charge is 0.224 e. The van der Waals surface area contributed by atoms with Crippen molar-refractivity contribution in [3.05, 3.63) is 45.2 Å². The standard InChI is InChI=1S/C24H28Cl2FIN2O2/c1-14(31)29-17-5-4-16(13-17)22(32)30-24(28,20-19(27)7-6-18(25)21(20)26)23-10-2-3-15(8-11-23)9-12-23/h6-8,16-17H,2-5,9-13H2,1H3,(H,29,31)(H,30,32)/t16-,17-,23?,24+/m0/s1. The Morgan fingerprint density at radius 1 is 1.22 bits per heavy atom. The highest BCUT2D eigenvalue weighted by molar-refractivity contribution is 14.1. The van der Waals surface area contributed by atoms with Gasteiger partial charge in [-0.25, -0.2) is 4.39 Å². The molecule has 2 N–H and O–H groups in total. The van der Waals surface area contributed by atoms with Gasteiger partial charge in [0, 0.05) is 29.9 Å². The Hall–Kier alpha value is -0.860. The van der Waals surface area contributed by atoms with Crippen molar-refractivity contribution in [2.24, 2.45) is 11.3 Å². The minimum atomic E-state index is -1.04. The molecule has 2 saturated carbocycles. The van der Waals surface area contributed by atoms with Gasteiger partial charge in [-0.05, 0) is 92.5 Å². The number of alkyl halides is 1. The van der Waals surface area contributed by atoms with Gasteiger partial charge < -0.3 is 10.6 Å². The minimum absolute atomic E-state index is 0.00503. The molecule has 4 atom stereocenters. The van der Waals surface area contributed by atoms with Crippen LogP contribution in [0.1, 0.15) is 70.3 Å². The van der Waals surface area contributed by atoms with E-state index in [1.165, 1.54) is 24.6 Å². The summed E-state index contributed by atoms with van der Waals surface area (Å²) in [5.74, 6) is -0.894. The van der Waals surface area contributed by atoms with Crippen LogP contribution in [0.5, 0.6) is 0 Å². The van der Waals surface area contributed by atoms with E-state index in [2.05, 4.69) is 39.3 Å². The fraction of sp³-hybridized carbons (Fsp3) is 0.583. The number of benzene rings is 1. The average molecular weight is 593 g/mol. The number of rotatable bonds is 5. The predicted octanol–water partition coefficient (Wildman–Crippen LogP) is 6.42. The molecule has 8 heteroatoms. The van der Waals surface area contributed by atoms with Gasteiger partial charge in [-0.2, -0.15) is 0 Å². The number of hydrogen-bond acceptors (Lipinski definition) is 2. The van der Waals surface area contributed by atoms with Gasteiger partial charge >= 0.3 is 0 Å². The molecule has 0 radical (unpaired) electrons. The molecule has 0 spiro atoms. The second-order valence-corrected chi connectivity index (χ2v) is 11.9. The molecule has 32 heavy (non-hydrogen) atoms. The third-order valence-corrected chi connectivity index (χ3v) is 10.2. The van der Waals surface area contributed by atoms with Crippen LogP contribution in [0.4, 0.5) is 4.39 Å². The molecule has 5 rings (SSSR count). The maximum atomic E-state index is 15.4. The zero-order valence-electron chi connectivity index (χ0n) is 18.1. The van der Waals surface area contributed by atoms with Crippen molar-refractivity contribution in [3.8, 4) is 0 Å².